The van der Waals surface area contributed by atoms with Crippen LogP contribution in [0.2, 0.25) is 0 Å². The maximum Gasteiger partial charge on any atom is 0.230 e. The minimum atomic E-state index is -0.289. The van der Waals surface area contributed by atoms with E-state index < -0.39 is 0 Å². The fourth-order valence-corrected chi connectivity index (χ4v) is 6.21. The number of hydrogen-bond acceptors (Lipinski definition) is 7. The zero-order valence-corrected chi connectivity index (χ0v) is 21.4. The van der Waals surface area contributed by atoms with Crippen LogP contribution >= 0.6 is 11.8 Å². The standard InChI is InChI=1S/C27H33N5O3S/c1-35-21-11-7-10-20(16-21)17-28-24(33)18-36-27-30-29-26-31(15-14-19-8-3-2-4-9-19)25(34)22-12-5-6-13-23(22)32(26)27/h2-4,7-11,16,22-23,26,29H,5-6,12-15,17-18H2,1H3,(H,28,33). The van der Waals surface area contributed by atoms with Crippen LogP contribution in [-0.4, -0.2) is 58.5 Å². The average molecular weight is 508 g/mol. The molecule has 0 radical (unpaired) electrons. The highest BCUT2D eigenvalue weighted by molar-refractivity contribution is 8.14. The van der Waals surface area contributed by atoms with Crippen LogP contribution in [0.1, 0.15) is 36.8 Å². The summed E-state index contributed by atoms with van der Waals surface area (Å²) in [6.07, 6.45) is 4.59. The first-order valence-corrected chi connectivity index (χ1v) is 13.6. The van der Waals surface area contributed by atoms with Crippen molar-refractivity contribution in [2.24, 2.45) is 11.0 Å². The van der Waals surface area contributed by atoms with Gasteiger partial charge >= 0.3 is 0 Å². The summed E-state index contributed by atoms with van der Waals surface area (Å²) in [6, 6.07) is 18.1. The van der Waals surface area contributed by atoms with Crippen LogP contribution in [0.4, 0.5) is 0 Å². The van der Waals surface area contributed by atoms with E-state index in [4.69, 9.17) is 4.74 Å². The zero-order chi connectivity index (χ0) is 24.9. The van der Waals surface area contributed by atoms with Crippen LogP contribution < -0.4 is 15.5 Å². The van der Waals surface area contributed by atoms with Crippen LogP contribution in [0.15, 0.2) is 59.7 Å². The number of hydrogen-bond donors (Lipinski definition) is 2. The van der Waals surface area contributed by atoms with E-state index in [9.17, 15) is 9.59 Å². The van der Waals surface area contributed by atoms with Crippen molar-refractivity contribution in [2.75, 3.05) is 19.4 Å². The molecule has 0 aromatic heterocycles. The second-order valence-electron chi connectivity index (χ2n) is 9.45. The third-order valence-electron chi connectivity index (χ3n) is 7.18. The van der Waals surface area contributed by atoms with Crippen LogP contribution in [0, 0.1) is 5.92 Å². The molecule has 2 aromatic carbocycles. The molecule has 3 aliphatic rings. The molecule has 3 atom stereocenters. The Labute approximate surface area is 216 Å². The van der Waals surface area contributed by atoms with Gasteiger partial charge < -0.3 is 19.9 Å². The number of carbonyl (C=O) groups is 2. The molecule has 1 saturated carbocycles. The SMILES string of the molecule is COc1cccc(CNC(=O)CSC2=NNC3N(CCc4ccccc4)C(=O)C4CCCCC4N23)c1. The minimum Gasteiger partial charge on any atom is -0.497 e. The van der Waals surface area contributed by atoms with Gasteiger partial charge in [-0.25, -0.2) is 0 Å². The van der Waals surface area contributed by atoms with Crippen LogP contribution in [0.3, 0.4) is 0 Å². The molecule has 5 rings (SSSR count). The Morgan fingerprint density at radius 2 is 1.94 bits per heavy atom. The molecular weight excluding hydrogens is 474 g/mol. The van der Waals surface area contributed by atoms with Gasteiger partial charge in [0.15, 0.2) is 11.5 Å². The zero-order valence-electron chi connectivity index (χ0n) is 20.6. The highest BCUT2D eigenvalue weighted by Crippen LogP contribution is 2.38. The topological polar surface area (TPSA) is 86.3 Å². The third kappa shape index (κ3) is 5.31. The summed E-state index contributed by atoms with van der Waals surface area (Å²) in [5.41, 5.74) is 5.40. The summed E-state index contributed by atoms with van der Waals surface area (Å²) in [5, 5.41) is 8.37. The van der Waals surface area contributed by atoms with E-state index in [0.717, 1.165) is 48.6 Å². The normalized spacial score (nSPS) is 22.9. The molecule has 0 bridgehead atoms. The number of nitrogens with zero attached hydrogens (tertiary/aromatic N) is 3. The number of methoxy groups -OCH3 is 1. The van der Waals surface area contributed by atoms with Gasteiger partial charge in [-0.15, -0.1) is 0 Å². The summed E-state index contributed by atoms with van der Waals surface area (Å²) in [4.78, 5) is 30.3. The molecule has 36 heavy (non-hydrogen) atoms. The molecular formula is C27H33N5O3S. The van der Waals surface area contributed by atoms with Crippen molar-refractivity contribution in [3.8, 4) is 5.75 Å². The lowest BCUT2D eigenvalue weighted by molar-refractivity contribution is -0.155. The van der Waals surface area contributed by atoms with E-state index in [1.165, 1.54) is 17.3 Å². The number of benzene rings is 2. The van der Waals surface area contributed by atoms with E-state index in [1.807, 2.05) is 47.4 Å². The second-order valence-corrected chi connectivity index (χ2v) is 10.4. The predicted molar refractivity (Wildman–Crippen MR) is 141 cm³/mol. The first kappa shape index (κ1) is 24.5. The molecule has 9 heteroatoms. The maximum absolute atomic E-state index is 13.5. The van der Waals surface area contributed by atoms with Gasteiger partial charge in [-0.1, -0.05) is 67.1 Å². The highest BCUT2D eigenvalue weighted by Gasteiger charge is 2.50. The fraction of sp³-hybridized carbons (Fsp3) is 0.444. The number of rotatable bonds is 8. The molecule has 2 aromatic rings. The van der Waals surface area contributed by atoms with Crippen LogP contribution in [-0.2, 0) is 22.6 Å². The number of nitrogens with one attached hydrogen (secondary N) is 2. The first-order chi connectivity index (χ1) is 17.6. The molecule has 8 nitrogen and oxygen atoms in total. The predicted octanol–water partition coefficient (Wildman–Crippen LogP) is 3.15. The first-order valence-electron chi connectivity index (χ1n) is 12.6. The number of amides is 2. The molecule has 2 fully saturated rings. The lowest BCUT2D eigenvalue weighted by Crippen LogP contribution is -2.67. The molecule has 2 amide bonds. The smallest absolute Gasteiger partial charge is 0.230 e. The van der Waals surface area contributed by atoms with Gasteiger partial charge in [-0.05, 0) is 42.5 Å². The Bertz CT molecular complexity index is 1110. The number of ether oxygens (including phenoxy) is 1. The van der Waals surface area contributed by atoms with Crippen molar-refractivity contribution in [2.45, 2.75) is 51.0 Å². The van der Waals surface area contributed by atoms with Crippen molar-refractivity contribution in [1.82, 2.24) is 20.5 Å². The van der Waals surface area contributed by atoms with Crippen molar-refractivity contribution in [3.63, 3.8) is 0 Å². The van der Waals surface area contributed by atoms with E-state index in [-0.39, 0.29) is 35.8 Å². The van der Waals surface area contributed by atoms with Crippen molar-refractivity contribution in [3.05, 3.63) is 65.7 Å². The van der Waals surface area contributed by atoms with E-state index >= 15 is 0 Å². The fourth-order valence-electron chi connectivity index (χ4n) is 5.34. The van der Waals surface area contributed by atoms with Gasteiger partial charge in [0.05, 0.1) is 18.8 Å². The third-order valence-corrected chi connectivity index (χ3v) is 8.15. The Morgan fingerprint density at radius 1 is 1.14 bits per heavy atom. The Morgan fingerprint density at radius 3 is 2.78 bits per heavy atom. The number of thioether (sulfide) groups is 1. The molecule has 1 aliphatic carbocycles. The quantitative estimate of drug-likeness (QED) is 0.571. The van der Waals surface area contributed by atoms with E-state index in [2.05, 4.69) is 32.9 Å². The Balaban J connectivity index is 1.21. The van der Waals surface area contributed by atoms with Crippen molar-refractivity contribution < 1.29 is 14.3 Å². The van der Waals surface area contributed by atoms with Crippen LogP contribution in [0.5, 0.6) is 5.75 Å². The van der Waals surface area contributed by atoms with Gasteiger partial charge in [0.25, 0.3) is 0 Å². The average Bonchev–Trinajstić information content (AvgIpc) is 3.35. The van der Waals surface area contributed by atoms with Gasteiger partial charge in [0.1, 0.15) is 5.75 Å². The number of fused-ring (bicyclic) bond motifs is 3. The highest BCUT2D eigenvalue weighted by atomic mass is 32.2. The van der Waals surface area contributed by atoms with E-state index in [1.54, 1.807) is 7.11 Å². The largest absolute Gasteiger partial charge is 0.497 e. The maximum atomic E-state index is 13.5. The van der Waals surface area contributed by atoms with Crippen LogP contribution in [0.25, 0.3) is 0 Å². The monoisotopic (exact) mass is 507 g/mol. The molecule has 2 N–H and O–H groups in total. The molecule has 2 heterocycles. The molecule has 3 unspecified atom stereocenters. The lowest BCUT2D eigenvalue weighted by Gasteiger charge is -2.50. The van der Waals surface area contributed by atoms with Gasteiger partial charge in [-0.3, -0.25) is 15.0 Å². The summed E-state index contributed by atoms with van der Waals surface area (Å²) in [5.74, 6) is 1.19. The second kappa shape index (κ2) is 11.2. The lowest BCUT2D eigenvalue weighted by atomic mass is 9.81. The Kier molecular flexibility index (Phi) is 7.65. The number of carbonyl (C=O) groups excluding carboxylic acids is 2. The minimum absolute atomic E-state index is 0.0154. The summed E-state index contributed by atoms with van der Waals surface area (Å²) < 4.78 is 5.26. The summed E-state index contributed by atoms with van der Waals surface area (Å²) in [7, 11) is 1.63. The summed E-state index contributed by atoms with van der Waals surface area (Å²) >= 11 is 1.43. The van der Waals surface area contributed by atoms with Gasteiger partial charge in [0.2, 0.25) is 11.8 Å². The van der Waals surface area contributed by atoms with Gasteiger partial charge in [-0.2, -0.15) is 5.10 Å². The summed E-state index contributed by atoms with van der Waals surface area (Å²) in [6.45, 7) is 1.08. The molecule has 190 valence electrons. The molecule has 1 saturated heterocycles. The van der Waals surface area contributed by atoms with E-state index in [0.29, 0.717) is 13.1 Å². The number of hydrazone groups is 1. The molecule has 2 aliphatic heterocycles. The Hall–Kier alpha value is -3.20. The van der Waals surface area contributed by atoms with Crippen molar-refractivity contribution >= 4 is 28.7 Å². The molecule has 0 spiro atoms. The number of amidine groups is 1. The van der Waals surface area contributed by atoms with Crippen molar-refractivity contribution in [1.29, 1.82) is 0 Å². The van der Waals surface area contributed by atoms with Gasteiger partial charge in [0, 0.05) is 19.1 Å².